The summed E-state index contributed by atoms with van der Waals surface area (Å²) in [4.78, 5) is 11.0. The molecule has 2 heteroatoms. The van der Waals surface area contributed by atoms with Crippen LogP contribution in [0.15, 0.2) is 24.3 Å². The first-order valence-electron chi connectivity index (χ1n) is 10.2. The fraction of sp³-hybridized carbons (Fsp3) is 0.773. The number of unbranched alkanes of at least 4 members (excludes halogenated alkanes) is 4. The molecule has 138 valence electrons. The van der Waals surface area contributed by atoms with E-state index in [1.54, 1.807) is 0 Å². The van der Waals surface area contributed by atoms with E-state index < -0.39 is 5.97 Å². The van der Waals surface area contributed by atoms with Crippen molar-refractivity contribution in [2.45, 2.75) is 90.9 Å². The van der Waals surface area contributed by atoms with Crippen molar-refractivity contribution >= 4 is 5.97 Å². The molecule has 3 atom stereocenters. The third kappa shape index (κ3) is 8.70. The molecule has 1 aliphatic rings. The molecule has 0 spiro atoms. The van der Waals surface area contributed by atoms with Crippen molar-refractivity contribution in [2.75, 3.05) is 0 Å². The van der Waals surface area contributed by atoms with Gasteiger partial charge < -0.3 is 5.11 Å². The molecular formula is C22H38O2. The number of hydrogen-bond donors (Lipinski definition) is 1. The molecule has 0 aliphatic heterocycles. The number of rotatable bonds is 13. The lowest BCUT2D eigenvalue weighted by Crippen LogP contribution is -2.12. The number of hydrogen-bond acceptors (Lipinski definition) is 1. The standard InChI is InChI=1S/C22H38O2/c1-3-5-6-7-8-10-15-20-17-13-18-21(20)16-12-9-11-14-19(4-2)22(23)24/h3,5,10,15,19-21H,4,6-9,11-14,16-18H2,1-2H3,(H,23,24)/t19?,20-,21-/m0/s1. The molecule has 0 aromatic carbocycles. The van der Waals surface area contributed by atoms with Crippen LogP contribution in [0.3, 0.4) is 0 Å². The van der Waals surface area contributed by atoms with E-state index in [1.807, 2.05) is 6.92 Å². The Balaban J connectivity index is 2.15. The van der Waals surface area contributed by atoms with E-state index in [1.165, 1.54) is 57.8 Å². The first-order valence-corrected chi connectivity index (χ1v) is 10.2. The molecule has 1 fully saturated rings. The van der Waals surface area contributed by atoms with Gasteiger partial charge in [-0.05, 0) is 70.1 Å². The predicted octanol–water partition coefficient (Wildman–Crippen LogP) is 6.77. The lowest BCUT2D eigenvalue weighted by molar-refractivity contribution is -0.142. The van der Waals surface area contributed by atoms with Crippen LogP contribution in [0.25, 0.3) is 0 Å². The van der Waals surface area contributed by atoms with Crippen molar-refractivity contribution in [1.29, 1.82) is 0 Å². The van der Waals surface area contributed by atoms with Gasteiger partial charge in [-0.1, -0.05) is 56.9 Å². The second-order valence-corrected chi connectivity index (χ2v) is 7.36. The molecule has 0 aromatic rings. The third-order valence-corrected chi connectivity index (χ3v) is 5.55. The van der Waals surface area contributed by atoms with Crippen LogP contribution in [0.2, 0.25) is 0 Å². The average Bonchev–Trinajstić information content (AvgIpc) is 3.01. The quantitative estimate of drug-likeness (QED) is 0.298. The van der Waals surface area contributed by atoms with Crippen LogP contribution in [0.5, 0.6) is 0 Å². The Morgan fingerprint density at radius 2 is 1.92 bits per heavy atom. The molecule has 0 radical (unpaired) electrons. The predicted molar refractivity (Wildman–Crippen MR) is 103 cm³/mol. The smallest absolute Gasteiger partial charge is 0.306 e. The molecule has 0 aromatic heterocycles. The molecular weight excluding hydrogens is 296 g/mol. The molecule has 24 heavy (non-hydrogen) atoms. The molecule has 1 N–H and O–H groups in total. The van der Waals surface area contributed by atoms with Crippen molar-refractivity contribution < 1.29 is 9.90 Å². The number of aliphatic carboxylic acids is 1. The number of carboxylic acid groups (broad SMARTS) is 1. The Labute approximate surface area is 149 Å². The van der Waals surface area contributed by atoms with Gasteiger partial charge in [0.1, 0.15) is 0 Å². The summed E-state index contributed by atoms with van der Waals surface area (Å²) in [5.41, 5.74) is 0. The fourth-order valence-electron chi connectivity index (χ4n) is 3.94. The molecule has 1 saturated carbocycles. The minimum Gasteiger partial charge on any atom is -0.481 e. The van der Waals surface area contributed by atoms with Crippen molar-refractivity contribution in [2.24, 2.45) is 17.8 Å². The van der Waals surface area contributed by atoms with Crippen molar-refractivity contribution in [1.82, 2.24) is 0 Å². The van der Waals surface area contributed by atoms with Crippen LogP contribution < -0.4 is 0 Å². The number of carbonyl (C=O) groups is 1. The molecule has 0 amide bonds. The van der Waals surface area contributed by atoms with Crippen LogP contribution in [0, 0.1) is 17.8 Å². The van der Waals surface area contributed by atoms with Gasteiger partial charge in [-0.3, -0.25) is 4.79 Å². The van der Waals surface area contributed by atoms with Crippen LogP contribution in [-0.2, 0) is 4.79 Å². The Morgan fingerprint density at radius 1 is 1.12 bits per heavy atom. The highest BCUT2D eigenvalue weighted by Crippen LogP contribution is 2.36. The van der Waals surface area contributed by atoms with Crippen LogP contribution >= 0.6 is 0 Å². The van der Waals surface area contributed by atoms with Crippen molar-refractivity contribution in [3.63, 3.8) is 0 Å². The van der Waals surface area contributed by atoms with E-state index in [-0.39, 0.29) is 5.92 Å². The van der Waals surface area contributed by atoms with Gasteiger partial charge in [-0.25, -0.2) is 0 Å². The van der Waals surface area contributed by atoms with E-state index in [2.05, 4.69) is 31.2 Å². The van der Waals surface area contributed by atoms with Gasteiger partial charge in [-0.15, -0.1) is 0 Å². The van der Waals surface area contributed by atoms with Crippen LogP contribution in [0.4, 0.5) is 0 Å². The number of carboxylic acids is 1. The average molecular weight is 335 g/mol. The highest BCUT2D eigenvalue weighted by atomic mass is 16.4. The molecule has 1 unspecified atom stereocenters. The Morgan fingerprint density at radius 3 is 2.62 bits per heavy atom. The van der Waals surface area contributed by atoms with Gasteiger partial charge in [0.15, 0.2) is 0 Å². The first kappa shape index (κ1) is 21.0. The lowest BCUT2D eigenvalue weighted by atomic mass is 9.89. The fourth-order valence-corrected chi connectivity index (χ4v) is 3.94. The molecule has 1 rings (SSSR count). The second kappa shape index (κ2) is 13.3. The summed E-state index contributed by atoms with van der Waals surface area (Å²) in [5, 5.41) is 9.08. The molecule has 0 heterocycles. The van der Waals surface area contributed by atoms with Gasteiger partial charge in [0.25, 0.3) is 0 Å². The summed E-state index contributed by atoms with van der Waals surface area (Å²) < 4.78 is 0. The maximum atomic E-state index is 11.0. The Kier molecular flexibility index (Phi) is 11.6. The largest absolute Gasteiger partial charge is 0.481 e. The molecule has 1 aliphatic carbocycles. The van der Waals surface area contributed by atoms with Crippen molar-refractivity contribution in [3.05, 3.63) is 24.3 Å². The highest BCUT2D eigenvalue weighted by Gasteiger charge is 2.24. The van der Waals surface area contributed by atoms with E-state index in [0.29, 0.717) is 0 Å². The van der Waals surface area contributed by atoms with Gasteiger partial charge in [-0.2, -0.15) is 0 Å². The molecule has 0 bridgehead atoms. The van der Waals surface area contributed by atoms with Gasteiger partial charge in [0.05, 0.1) is 5.92 Å². The first-order chi connectivity index (χ1) is 11.7. The van der Waals surface area contributed by atoms with Crippen LogP contribution in [0.1, 0.15) is 90.9 Å². The maximum Gasteiger partial charge on any atom is 0.306 e. The van der Waals surface area contributed by atoms with E-state index in [9.17, 15) is 4.79 Å². The van der Waals surface area contributed by atoms with Gasteiger partial charge in [0, 0.05) is 0 Å². The van der Waals surface area contributed by atoms with E-state index in [4.69, 9.17) is 5.11 Å². The molecule has 0 saturated heterocycles. The minimum absolute atomic E-state index is 0.130. The normalized spacial score (nSPS) is 22.6. The summed E-state index contributed by atoms with van der Waals surface area (Å²) in [6, 6.07) is 0. The van der Waals surface area contributed by atoms with Crippen LogP contribution in [-0.4, -0.2) is 11.1 Å². The topological polar surface area (TPSA) is 37.3 Å². The van der Waals surface area contributed by atoms with E-state index >= 15 is 0 Å². The highest BCUT2D eigenvalue weighted by molar-refractivity contribution is 5.69. The zero-order valence-electron chi connectivity index (χ0n) is 15.9. The SMILES string of the molecule is CC=CCCCC=C[C@H]1CCC[C@@H]1CCCCCC(CC)C(=O)O. The summed E-state index contributed by atoms with van der Waals surface area (Å²) >= 11 is 0. The monoisotopic (exact) mass is 334 g/mol. The summed E-state index contributed by atoms with van der Waals surface area (Å²) in [6.45, 7) is 4.07. The Bertz CT molecular complexity index is 383. The zero-order chi connectivity index (χ0) is 17.6. The summed E-state index contributed by atoms with van der Waals surface area (Å²) in [7, 11) is 0. The minimum atomic E-state index is -0.618. The lowest BCUT2D eigenvalue weighted by Gasteiger charge is -2.16. The summed E-state index contributed by atoms with van der Waals surface area (Å²) in [6.07, 6.45) is 23.6. The van der Waals surface area contributed by atoms with Gasteiger partial charge >= 0.3 is 5.97 Å². The third-order valence-electron chi connectivity index (χ3n) is 5.55. The number of allylic oxidation sites excluding steroid dienone is 4. The summed E-state index contributed by atoms with van der Waals surface area (Å²) in [5.74, 6) is 0.926. The molecule has 2 nitrogen and oxygen atoms in total. The maximum absolute atomic E-state index is 11.0. The second-order valence-electron chi connectivity index (χ2n) is 7.36. The zero-order valence-corrected chi connectivity index (χ0v) is 15.9. The Hall–Kier alpha value is -1.05. The van der Waals surface area contributed by atoms with Gasteiger partial charge in [0.2, 0.25) is 0 Å². The van der Waals surface area contributed by atoms with Crippen molar-refractivity contribution in [3.8, 4) is 0 Å². The van der Waals surface area contributed by atoms with E-state index in [0.717, 1.165) is 31.1 Å².